The van der Waals surface area contributed by atoms with Crippen molar-refractivity contribution in [2.45, 2.75) is 23.7 Å². The molecule has 1 aromatic heterocycles. The zero-order valence-corrected chi connectivity index (χ0v) is 17.3. The molecule has 0 radical (unpaired) electrons. The van der Waals surface area contributed by atoms with Crippen molar-refractivity contribution >= 4 is 10.0 Å². The van der Waals surface area contributed by atoms with Crippen LogP contribution >= 0.6 is 0 Å². The van der Waals surface area contributed by atoms with Crippen LogP contribution in [-0.4, -0.2) is 49.2 Å². The highest BCUT2D eigenvalue weighted by atomic mass is 32.2. The Balaban J connectivity index is 1.36. The number of aromatic nitrogens is 2. The van der Waals surface area contributed by atoms with Crippen molar-refractivity contribution in [2.75, 3.05) is 26.3 Å². The number of piperidine rings is 1. The fourth-order valence-corrected chi connectivity index (χ4v) is 5.35. The first-order chi connectivity index (χ1) is 15.0. The third-order valence-corrected chi connectivity index (χ3v) is 7.29. The van der Waals surface area contributed by atoms with Crippen molar-refractivity contribution in [3.63, 3.8) is 0 Å². The van der Waals surface area contributed by atoms with Gasteiger partial charge >= 0.3 is 0 Å². The second-order valence-corrected chi connectivity index (χ2v) is 9.41. The maximum absolute atomic E-state index is 13.2. The van der Waals surface area contributed by atoms with Gasteiger partial charge in [-0.2, -0.15) is 9.29 Å². The highest BCUT2D eigenvalue weighted by molar-refractivity contribution is 7.89. The van der Waals surface area contributed by atoms with Gasteiger partial charge in [0.15, 0.2) is 11.5 Å². The van der Waals surface area contributed by atoms with Gasteiger partial charge in [-0.25, -0.2) is 12.8 Å². The van der Waals surface area contributed by atoms with Gasteiger partial charge in [-0.15, -0.1) is 0 Å². The van der Waals surface area contributed by atoms with Gasteiger partial charge in [-0.05, 0) is 49.2 Å². The fourth-order valence-electron chi connectivity index (χ4n) is 3.81. The molecule has 1 atom stereocenters. The van der Waals surface area contributed by atoms with E-state index in [-0.39, 0.29) is 23.2 Å². The van der Waals surface area contributed by atoms with Crippen LogP contribution in [-0.2, 0) is 10.0 Å². The predicted molar refractivity (Wildman–Crippen MR) is 108 cm³/mol. The van der Waals surface area contributed by atoms with Gasteiger partial charge in [0.05, 0.1) is 10.8 Å². The summed E-state index contributed by atoms with van der Waals surface area (Å²) >= 11 is 0. The summed E-state index contributed by atoms with van der Waals surface area (Å²) in [5, 5.41) is 3.98. The first kappa shape index (κ1) is 20.0. The first-order valence-corrected chi connectivity index (χ1v) is 11.4. The number of hydrogen-bond donors (Lipinski definition) is 0. The topological polar surface area (TPSA) is 94.8 Å². The largest absolute Gasteiger partial charge is 0.486 e. The molecule has 0 aliphatic carbocycles. The van der Waals surface area contributed by atoms with Crippen molar-refractivity contribution in [1.82, 2.24) is 14.4 Å². The summed E-state index contributed by atoms with van der Waals surface area (Å²) in [4.78, 5) is 4.58. The molecular formula is C21H20FN3O5S. The Morgan fingerprint density at radius 1 is 1.03 bits per heavy atom. The van der Waals surface area contributed by atoms with Crippen LogP contribution in [0.5, 0.6) is 11.5 Å². The van der Waals surface area contributed by atoms with E-state index in [1.54, 1.807) is 18.2 Å². The Morgan fingerprint density at radius 2 is 1.81 bits per heavy atom. The van der Waals surface area contributed by atoms with Crippen LogP contribution < -0.4 is 9.47 Å². The van der Waals surface area contributed by atoms with Crippen LogP contribution in [0.15, 0.2) is 51.9 Å². The number of fused-ring (bicyclic) bond motifs is 1. The summed E-state index contributed by atoms with van der Waals surface area (Å²) < 4.78 is 57.5. The highest BCUT2D eigenvalue weighted by Crippen LogP contribution is 2.35. The lowest BCUT2D eigenvalue weighted by Crippen LogP contribution is -2.39. The number of rotatable bonds is 4. The smallest absolute Gasteiger partial charge is 0.243 e. The lowest BCUT2D eigenvalue weighted by molar-refractivity contribution is 0.171. The van der Waals surface area contributed by atoms with Gasteiger partial charge in [-0.1, -0.05) is 5.16 Å². The summed E-state index contributed by atoms with van der Waals surface area (Å²) in [5.41, 5.74) is 0.632. The van der Waals surface area contributed by atoms with Crippen molar-refractivity contribution in [1.29, 1.82) is 0 Å². The Bertz CT molecular complexity index is 1200. The molecule has 1 saturated heterocycles. The standard InChI is InChI=1S/C21H20FN3O5S/c22-16-5-3-14(4-6-16)20-23-21(30-24-20)15-2-1-9-25(13-15)31(26,27)17-7-8-18-19(12-17)29-11-10-28-18/h3-8,12,15H,1-2,9-11,13H2. The summed E-state index contributed by atoms with van der Waals surface area (Å²) in [6.45, 7) is 1.47. The Hall–Kier alpha value is -2.98. The Kier molecular flexibility index (Phi) is 5.11. The van der Waals surface area contributed by atoms with Gasteiger partial charge < -0.3 is 14.0 Å². The van der Waals surface area contributed by atoms with Crippen LogP contribution in [0.1, 0.15) is 24.7 Å². The Morgan fingerprint density at radius 3 is 2.61 bits per heavy atom. The van der Waals surface area contributed by atoms with Crippen LogP contribution in [0, 0.1) is 5.82 Å². The van der Waals surface area contributed by atoms with Gasteiger partial charge in [0.25, 0.3) is 0 Å². The zero-order chi connectivity index (χ0) is 21.4. The van der Waals surface area contributed by atoms with Crippen LogP contribution in [0.25, 0.3) is 11.4 Å². The molecule has 1 unspecified atom stereocenters. The van der Waals surface area contributed by atoms with E-state index in [1.807, 2.05) is 0 Å². The monoisotopic (exact) mass is 445 g/mol. The second-order valence-electron chi connectivity index (χ2n) is 7.47. The molecule has 8 nitrogen and oxygen atoms in total. The third-order valence-electron chi connectivity index (χ3n) is 5.43. The lowest BCUT2D eigenvalue weighted by Gasteiger charge is -2.30. The summed E-state index contributed by atoms with van der Waals surface area (Å²) in [6, 6.07) is 10.5. The maximum Gasteiger partial charge on any atom is 0.243 e. The van der Waals surface area contributed by atoms with E-state index in [1.165, 1.54) is 28.6 Å². The van der Waals surface area contributed by atoms with Crippen LogP contribution in [0.2, 0.25) is 0 Å². The molecular weight excluding hydrogens is 425 g/mol. The van der Waals surface area contributed by atoms with E-state index in [2.05, 4.69) is 10.1 Å². The van der Waals surface area contributed by atoms with Crippen LogP contribution in [0.4, 0.5) is 4.39 Å². The molecule has 162 valence electrons. The van der Waals surface area contributed by atoms with Crippen molar-refractivity contribution < 1.29 is 26.8 Å². The normalized spacial score (nSPS) is 19.3. The quantitative estimate of drug-likeness (QED) is 0.609. The molecule has 0 saturated carbocycles. The van der Waals surface area contributed by atoms with E-state index >= 15 is 0 Å². The number of sulfonamides is 1. The predicted octanol–water partition coefficient (Wildman–Crippen LogP) is 3.22. The van der Waals surface area contributed by atoms with Gasteiger partial charge in [0, 0.05) is 24.7 Å². The average Bonchev–Trinajstić information content (AvgIpc) is 3.30. The number of halogens is 1. The first-order valence-electron chi connectivity index (χ1n) is 10.00. The third kappa shape index (κ3) is 3.88. The zero-order valence-electron chi connectivity index (χ0n) is 16.5. The van der Waals surface area contributed by atoms with E-state index in [0.29, 0.717) is 55.0 Å². The minimum absolute atomic E-state index is 0.162. The molecule has 0 amide bonds. The number of hydrogen-bond acceptors (Lipinski definition) is 7. The summed E-state index contributed by atoms with van der Waals surface area (Å²) in [6.07, 6.45) is 1.40. The lowest BCUT2D eigenvalue weighted by atomic mass is 10.00. The minimum Gasteiger partial charge on any atom is -0.486 e. The van der Waals surface area contributed by atoms with E-state index in [9.17, 15) is 12.8 Å². The van der Waals surface area contributed by atoms with E-state index in [0.717, 1.165) is 6.42 Å². The van der Waals surface area contributed by atoms with E-state index < -0.39 is 10.0 Å². The minimum atomic E-state index is -3.72. The molecule has 0 N–H and O–H groups in total. The van der Waals surface area contributed by atoms with Crippen molar-refractivity contribution in [2.24, 2.45) is 0 Å². The summed E-state index contributed by atoms with van der Waals surface area (Å²) in [7, 11) is -3.72. The van der Waals surface area contributed by atoms with Gasteiger partial charge in [0.1, 0.15) is 19.0 Å². The molecule has 2 aromatic carbocycles. The molecule has 5 rings (SSSR count). The SMILES string of the molecule is O=S(=O)(c1ccc2c(c1)OCCO2)N1CCCC(c2nc(-c3ccc(F)cc3)no2)C1. The number of nitrogens with zero attached hydrogens (tertiary/aromatic N) is 3. The molecule has 2 aliphatic rings. The van der Waals surface area contributed by atoms with Gasteiger partial charge in [0.2, 0.25) is 21.7 Å². The molecule has 0 bridgehead atoms. The molecule has 10 heteroatoms. The number of ether oxygens (including phenoxy) is 2. The Labute approximate surface area is 178 Å². The molecule has 2 aliphatic heterocycles. The van der Waals surface area contributed by atoms with Crippen molar-refractivity contribution in [3.05, 3.63) is 54.2 Å². The number of benzene rings is 2. The fraction of sp³-hybridized carbons (Fsp3) is 0.333. The highest BCUT2D eigenvalue weighted by Gasteiger charge is 2.34. The van der Waals surface area contributed by atoms with Crippen molar-refractivity contribution in [3.8, 4) is 22.9 Å². The second kappa shape index (κ2) is 7.93. The molecule has 1 fully saturated rings. The average molecular weight is 445 g/mol. The molecule has 3 heterocycles. The molecule has 0 spiro atoms. The van der Waals surface area contributed by atoms with E-state index in [4.69, 9.17) is 14.0 Å². The van der Waals surface area contributed by atoms with Gasteiger partial charge in [-0.3, -0.25) is 0 Å². The van der Waals surface area contributed by atoms with Crippen LogP contribution in [0.3, 0.4) is 0 Å². The molecule has 31 heavy (non-hydrogen) atoms. The molecule has 3 aromatic rings. The summed E-state index contributed by atoms with van der Waals surface area (Å²) in [5.74, 6) is 1.13. The maximum atomic E-state index is 13.2.